The number of nitrogens with one attached hydrogen (secondary N) is 1. The highest BCUT2D eigenvalue weighted by atomic mass is 35.5. The summed E-state index contributed by atoms with van der Waals surface area (Å²) in [7, 11) is 1.56. The predicted molar refractivity (Wildman–Crippen MR) is 101 cm³/mol. The molecule has 140 valence electrons. The number of methoxy groups -OCH3 is 1. The van der Waals surface area contributed by atoms with Crippen molar-refractivity contribution in [3.8, 4) is 11.4 Å². The van der Waals surface area contributed by atoms with Crippen molar-refractivity contribution in [3.63, 3.8) is 0 Å². The van der Waals surface area contributed by atoms with Gasteiger partial charge in [0.05, 0.1) is 18.6 Å². The molecule has 0 radical (unpaired) electrons. The van der Waals surface area contributed by atoms with E-state index in [0.717, 1.165) is 23.4 Å². The minimum atomic E-state index is -0.602. The number of amides is 1. The summed E-state index contributed by atoms with van der Waals surface area (Å²) in [6, 6.07) is 9.64. The molecular weight excluding hydrogens is 393 g/mol. The molecule has 0 aliphatic carbocycles. The van der Waals surface area contributed by atoms with Crippen LogP contribution in [0.15, 0.2) is 41.6 Å². The zero-order valence-corrected chi connectivity index (χ0v) is 16.0. The highest BCUT2D eigenvalue weighted by Crippen LogP contribution is 2.27. The lowest BCUT2D eigenvalue weighted by atomic mass is 10.2. The van der Waals surface area contributed by atoms with Gasteiger partial charge in [-0.25, -0.2) is 4.39 Å². The molecule has 0 unspecified atom stereocenters. The van der Waals surface area contributed by atoms with Crippen LogP contribution in [0.3, 0.4) is 0 Å². The number of benzene rings is 2. The van der Waals surface area contributed by atoms with Crippen LogP contribution in [0.25, 0.3) is 5.69 Å². The summed E-state index contributed by atoms with van der Waals surface area (Å²) in [5, 5.41) is 14.7. The van der Waals surface area contributed by atoms with E-state index in [1.54, 1.807) is 7.11 Å². The second kappa shape index (κ2) is 8.36. The molecule has 1 aromatic heterocycles. The van der Waals surface area contributed by atoms with E-state index in [1.165, 1.54) is 16.8 Å². The number of carbonyl (C=O) groups is 1. The van der Waals surface area contributed by atoms with E-state index in [4.69, 9.17) is 16.3 Å². The van der Waals surface area contributed by atoms with Gasteiger partial charge in [0.2, 0.25) is 11.1 Å². The van der Waals surface area contributed by atoms with E-state index >= 15 is 0 Å². The number of hydrogen-bond acceptors (Lipinski definition) is 6. The van der Waals surface area contributed by atoms with Gasteiger partial charge in [0.1, 0.15) is 17.3 Å². The summed E-state index contributed by atoms with van der Waals surface area (Å²) in [6.07, 6.45) is 0. The van der Waals surface area contributed by atoms with Gasteiger partial charge < -0.3 is 10.1 Å². The van der Waals surface area contributed by atoms with Crippen LogP contribution in [0.1, 0.15) is 5.56 Å². The Morgan fingerprint density at radius 1 is 1.33 bits per heavy atom. The first-order valence-corrected chi connectivity index (χ1v) is 9.15. The summed E-state index contributed by atoms with van der Waals surface area (Å²) < 4.78 is 20.6. The fourth-order valence-electron chi connectivity index (χ4n) is 2.29. The lowest BCUT2D eigenvalue weighted by molar-refractivity contribution is -0.113. The average molecular weight is 408 g/mol. The molecule has 0 bridgehead atoms. The number of aryl methyl sites for hydroxylation is 1. The van der Waals surface area contributed by atoms with Crippen LogP contribution >= 0.6 is 23.4 Å². The number of halogens is 2. The summed E-state index contributed by atoms with van der Waals surface area (Å²) in [5.41, 5.74) is 1.73. The first-order chi connectivity index (χ1) is 13.0. The van der Waals surface area contributed by atoms with Gasteiger partial charge in [-0.15, -0.1) is 5.10 Å². The van der Waals surface area contributed by atoms with Gasteiger partial charge in [0, 0.05) is 5.02 Å². The van der Waals surface area contributed by atoms with Crippen molar-refractivity contribution in [3.05, 3.63) is 52.8 Å². The maximum absolute atomic E-state index is 13.8. The lowest BCUT2D eigenvalue weighted by Gasteiger charge is -2.10. The largest absolute Gasteiger partial charge is 0.494 e. The quantitative estimate of drug-likeness (QED) is 0.630. The van der Waals surface area contributed by atoms with Gasteiger partial charge in [-0.3, -0.25) is 4.79 Å². The predicted octanol–water partition coefficient (Wildman–Crippen LogP) is 3.50. The maximum atomic E-state index is 13.8. The molecule has 10 heteroatoms. The second-order valence-electron chi connectivity index (χ2n) is 5.51. The van der Waals surface area contributed by atoms with E-state index in [1.807, 2.05) is 25.1 Å². The molecule has 0 fully saturated rings. The summed E-state index contributed by atoms with van der Waals surface area (Å²) >= 11 is 6.82. The van der Waals surface area contributed by atoms with Crippen molar-refractivity contribution < 1.29 is 13.9 Å². The molecule has 0 spiro atoms. The number of hydrogen-bond donors (Lipinski definition) is 1. The number of carbonyl (C=O) groups excluding carboxylic acids is 1. The van der Waals surface area contributed by atoms with Gasteiger partial charge in [0.25, 0.3) is 0 Å². The normalized spacial score (nSPS) is 10.7. The van der Waals surface area contributed by atoms with Crippen LogP contribution < -0.4 is 10.1 Å². The van der Waals surface area contributed by atoms with Gasteiger partial charge >= 0.3 is 0 Å². The van der Waals surface area contributed by atoms with Gasteiger partial charge in [-0.1, -0.05) is 29.4 Å². The Labute approximate surface area is 163 Å². The maximum Gasteiger partial charge on any atom is 0.234 e. The van der Waals surface area contributed by atoms with Crippen LogP contribution in [0.2, 0.25) is 5.02 Å². The molecule has 0 aliphatic heterocycles. The van der Waals surface area contributed by atoms with E-state index < -0.39 is 11.7 Å². The second-order valence-corrected chi connectivity index (χ2v) is 6.89. The molecule has 1 heterocycles. The smallest absolute Gasteiger partial charge is 0.234 e. The molecule has 3 aromatic rings. The molecule has 0 saturated heterocycles. The van der Waals surface area contributed by atoms with E-state index in [0.29, 0.717) is 16.6 Å². The lowest BCUT2D eigenvalue weighted by Crippen LogP contribution is -2.15. The third-order valence-electron chi connectivity index (χ3n) is 3.54. The molecule has 7 nitrogen and oxygen atoms in total. The van der Waals surface area contributed by atoms with Crippen LogP contribution in [0.4, 0.5) is 10.1 Å². The zero-order chi connectivity index (χ0) is 19.4. The van der Waals surface area contributed by atoms with Crippen LogP contribution in [0, 0.1) is 12.7 Å². The Bertz CT molecular complexity index is 982. The summed E-state index contributed by atoms with van der Waals surface area (Å²) in [5.74, 6) is -0.402. The van der Waals surface area contributed by atoms with Gasteiger partial charge in [0.15, 0.2) is 0 Å². The number of rotatable bonds is 6. The van der Waals surface area contributed by atoms with Gasteiger partial charge in [-0.05, 0) is 53.2 Å². The van der Waals surface area contributed by atoms with E-state index in [9.17, 15) is 9.18 Å². The minimum absolute atomic E-state index is 0.00340. The number of aromatic nitrogens is 4. The molecule has 1 N–H and O–H groups in total. The molecular formula is C17H15ClFN5O2S. The summed E-state index contributed by atoms with van der Waals surface area (Å²) in [6.45, 7) is 1.94. The average Bonchev–Trinajstić information content (AvgIpc) is 3.11. The van der Waals surface area contributed by atoms with Crippen molar-refractivity contribution in [2.24, 2.45) is 0 Å². The van der Waals surface area contributed by atoms with Crippen LogP contribution in [0.5, 0.6) is 5.75 Å². The van der Waals surface area contributed by atoms with Crippen molar-refractivity contribution in [2.75, 3.05) is 18.2 Å². The Balaban J connectivity index is 1.72. The highest BCUT2D eigenvalue weighted by molar-refractivity contribution is 7.99. The van der Waals surface area contributed by atoms with Crippen molar-refractivity contribution >= 4 is 35.0 Å². The monoisotopic (exact) mass is 407 g/mol. The molecule has 2 aromatic carbocycles. The Morgan fingerprint density at radius 3 is 2.89 bits per heavy atom. The van der Waals surface area contributed by atoms with Crippen molar-refractivity contribution in [1.82, 2.24) is 20.2 Å². The number of anilines is 1. The van der Waals surface area contributed by atoms with Gasteiger partial charge in [-0.2, -0.15) is 4.68 Å². The molecule has 3 rings (SSSR count). The Hall–Kier alpha value is -2.65. The first kappa shape index (κ1) is 19.1. The first-order valence-electron chi connectivity index (χ1n) is 7.79. The highest BCUT2D eigenvalue weighted by Gasteiger charge is 2.16. The molecule has 1 amide bonds. The third-order valence-corrected chi connectivity index (χ3v) is 4.70. The number of thioether (sulfide) groups is 1. The Kier molecular flexibility index (Phi) is 5.92. The molecule has 0 atom stereocenters. The fraction of sp³-hybridized carbons (Fsp3) is 0.176. The SMILES string of the molecule is COc1ccc(C)cc1-n1nnnc1SCC(=O)Nc1ccc(Cl)cc1F. The van der Waals surface area contributed by atoms with Crippen LogP contribution in [-0.4, -0.2) is 39.0 Å². The topological polar surface area (TPSA) is 81.9 Å². The number of tetrazole rings is 1. The van der Waals surface area contributed by atoms with Crippen molar-refractivity contribution in [2.45, 2.75) is 12.1 Å². The fourth-order valence-corrected chi connectivity index (χ4v) is 3.14. The van der Waals surface area contributed by atoms with Crippen LogP contribution in [-0.2, 0) is 4.79 Å². The molecule has 27 heavy (non-hydrogen) atoms. The zero-order valence-electron chi connectivity index (χ0n) is 14.4. The number of ether oxygens (including phenoxy) is 1. The van der Waals surface area contributed by atoms with E-state index in [-0.39, 0.29) is 16.5 Å². The number of nitrogens with zero attached hydrogens (tertiary/aromatic N) is 4. The summed E-state index contributed by atoms with van der Waals surface area (Å²) in [4.78, 5) is 12.1. The molecule has 0 saturated carbocycles. The Morgan fingerprint density at radius 2 is 2.15 bits per heavy atom. The third kappa shape index (κ3) is 4.55. The minimum Gasteiger partial charge on any atom is -0.494 e. The standard InChI is InChI=1S/C17H15ClFN5O2S/c1-10-3-6-15(26-2)14(7-10)24-17(21-22-23-24)27-9-16(25)20-13-5-4-11(18)8-12(13)19/h3-8H,9H2,1-2H3,(H,20,25). The molecule has 0 aliphatic rings. The van der Waals surface area contributed by atoms with E-state index in [2.05, 4.69) is 20.8 Å². The van der Waals surface area contributed by atoms with Crippen molar-refractivity contribution in [1.29, 1.82) is 0 Å².